The van der Waals surface area contributed by atoms with Gasteiger partial charge in [-0.1, -0.05) is 0 Å². The summed E-state index contributed by atoms with van der Waals surface area (Å²) in [5, 5.41) is 9.37. The number of nitrogens with zero attached hydrogens (tertiary/aromatic N) is 1. The van der Waals surface area contributed by atoms with Crippen LogP contribution in [0.3, 0.4) is 0 Å². The van der Waals surface area contributed by atoms with Gasteiger partial charge in [0.1, 0.15) is 0 Å². The summed E-state index contributed by atoms with van der Waals surface area (Å²) in [5.74, 6) is 1.33. The van der Waals surface area contributed by atoms with Gasteiger partial charge in [0.2, 0.25) is 5.91 Å². The van der Waals surface area contributed by atoms with Gasteiger partial charge in [-0.3, -0.25) is 4.79 Å². The van der Waals surface area contributed by atoms with E-state index in [2.05, 4.69) is 0 Å². The van der Waals surface area contributed by atoms with Crippen LogP contribution in [0.25, 0.3) is 0 Å². The highest BCUT2D eigenvalue weighted by atomic mass is 32.2. The van der Waals surface area contributed by atoms with Crippen LogP contribution in [0.4, 0.5) is 0 Å². The lowest BCUT2D eigenvalue weighted by molar-refractivity contribution is -0.132. The first-order valence-electron chi connectivity index (χ1n) is 5.23. The summed E-state index contributed by atoms with van der Waals surface area (Å²) in [5.41, 5.74) is 0. The van der Waals surface area contributed by atoms with E-state index in [9.17, 15) is 9.90 Å². The molecule has 1 unspecified atom stereocenters. The number of hydrogen-bond acceptors (Lipinski definition) is 3. The predicted octanol–water partition coefficient (Wildman–Crippen LogP) is 0.865. The number of thioether (sulfide) groups is 1. The third-order valence-electron chi connectivity index (χ3n) is 3.12. The maximum absolute atomic E-state index is 12.1. The van der Waals surface area contributed by atoms with Crippen molar-refractivity contribution in [1.82, 2.24) is 4.90 Å². The van der Waals surface area contributed by atoms with E-state index >= 15 is 0 Å². The maximum Gasteiger partial charge on any atom is 0.238 e. The van der Waals surface area contributed by atoms with Gasteiger partial charge in [-0.25, -0.2) is 0 Å². The molecule has 2 aliphatic rings. The second-order valence-corrected chi connectivity index (χ2v) is 5.97. The number of carbonyl (C=O) groups is 1. The Morgan fingerprint density at radius 3 is 2.93 bits per heavy atom. The molecule has 1 N–H and O–H groups in total. The lowest BCUT2D eigenvalue weighted by atomic mass is 10.0. The predicted molar refractivity (Wildman–Crippen MR) is 57.3 cm³/mol. The minimum Gasteiger partial charge on any atom is -0.391 e. The Morgan fingerprint density at radius 2 is 2.43 bits per heavy atom. The molecule has 2 atom stereocenters. The number of rotatable bonds is 1. The van der Waals surface area contributed by atoms with Gasteiger partial charge in [0.25, 0.3) is 0 Å². The number of β-amino-alcohol motifs (C(OH)–C–C–N with tert-alkyl or cyclic N) is 1. The fourth-order valence-electron chi connectivity index (χ4n) is 2.21. The summed E-state index contributed by atoms with van der Waals surface area (Å²) in [6, 6.07) is 0. The van der Waals surface area contributed by atoms with Crippen molar-refractivity contribution >= 4 is 17.7 Å². The SMILES string of the molecule is CC1(C(=O)N2CC[C@@H](O)C2)CCCS1. The van der Waals surface area contributed by atoms with Crippen LogP contribution in [-0.2, 0) is 4.79 Å². The maximum atomic E-state index is 12.1. The first kappa shape index (κ1) is 10.3. The van der Waals surface area contributed by atoms with Crippen molar-refractivity contribution < 1.29 is 9.90 Å². The molecule has 2 heterocycles. The molecule has 0 spiro atoms. The highest BCUT2D eigenvalue weighted by molar-refractivity contribution is 8.01. The summed E-state index contributed by atoms with van der Waals surface area (Å²) in [6.07, 6.45) is 2.58. The Labute approximate surface area is 88.9 Å². The number of aliphatic hydroxyl groups is 1. The van der Waals surface area contributed by atoms with E-state index in [1.807, 2.05) is 11.8 Å². The zero-order valence-corrected chi connectivity index (χ0v) is 9.35. The van der Waals surface area contributed by atoms with E-state index in [1.54, 1.807) is 11.8 Å². The van der Waals surface area contributed by atoms with Gasteiger partial charge in [0.05, 0.1) is 10.9 Å². The van der Waals surface area contributed by atoms with Crippen molar-refractivity contribution in [2.24, 2.45) is 0 Å². The van der Waals surface area contributed by atoms with Gasteiger partial charge in [-0.05, 0) is 31.9 Å². The van der Waals surface area contributed by atoms with Crippen LogP contribution in [0.5, 0.6) is 0 Å². The molecular weight excluding hydrogens is 198 g/mol. The van der Waals surface area contributed by atoms with Crippen molar-refractivity contribution in [2.75, 3.05) is 18.8 Å². The van der Waals surface area contributed by atoms with Gasteiger partial charge in [0.15, 0.2) is 0 Å². The lowest BCUT2D eigenvalue weighted by Crippen LogP contribution is -2.42. The normalized spacial score (nSPS) is 37.9. The fourth-order valence-corrected chi connectivity index (χ4v) is 3.49. The average Bonchev–Trinajstić information content (AvgIpc) is 2.74. The molecule has 2 aliphatic heterocycles. The van der Waals surface area contributed by atoms with E-state index in [4.69, 9.17) is 0 Å². The summed E-state index contributed by atoms with van der Waals surface area (Å²) in [4.78, 5) is 13.9. The second kappa shape index (κ2) is 3.74. The molecule has 0 saturated carbocycles. The average molecular weight is 215 g/mol. The van der Waals surface area contributed by atoms with Crippen LogP contribution in [0.2, 0.25) is 0 Å². The first-order valence-corrected chi connectivity index (χ1v) is 6.22. The van der Waals surface area contributed by atoms with Crippen LogP contribution in [-0.4, -0.2) is 45.6 Å². The number of hydrogen-bond donors (Lipinski definition) is 1. The molecule has 2 fully saturated rings. The Kier molecular flexibility index (Phi) is 2.75. The Morgan fingerprint density at radius 1 is 1.64 bits per heavy atom. The fraction of sp³-hybridized carbons (Fsp3) is 0.900. The first-order chi connectivity index (χ1) is 6.62. The minimum absolute atomic E-state index is 0.204. The van der Waals surface area contributed by atoms with Crippen molar-refractivity contribution in [3.8, 4) is 0 Å². The number of aliphatic hydroxyl groups excluding tert-OH is 1. The molecule has 3 nitrogen and oxygen atoms in total. The third-order valence-corrected chi connectivity index (χ3v) is 4.63. The highest BCUT2D eigenvalue weighted by Gasteiger charge is 2.41. The molecule has 0 aliphatic carbocycles. The van der Waals surface area contributed by atoms with Gasteiger partial charge in [-0.2, -0.15) is 0 Å². The molecule has 0 aromatic carbocycles. The standard InChI is InChI=1S/C10H17NO2S/c1-10(4-2-6-14-10)9(13)11-5-3-8(12)7-11/h8,12H,2-7H2,1H3/t8-,10?/m1/s1. The van der Waals surface area contributed by atoms with Crippen LogP contribution in [0.15, 0.2) is 0 Å². The monoisotopic (exact) mass is 215 g/mol. The molecular formula is C10H17NO2S. The van der Waals surface area contributed by atoms with Crippen molar-refractivity contribution in [3.05, 3.63) is 0 Å². The molecule has 2 rings (SSSR count). The van der Waals surface area contributed by atoms with Crippen LogP contribution >= 0.6 is 11.8 Å². The molecule has 0 aromatic heterocycles. The quantitative estimate of drug-likeness (QED) is 0.705. The summed E-state index contributed by atoms with van der Waals surface area (Å²) in [6.45, 7) is 3.31. The van der Waals surface area contributed by atoms with Gasteiger partial charge in [0, 0.05) is 13.1 Å². The summed E-state index contributed by atoms with van der Waals surface area (Å²) in [7, 11) is 0. The third kappa shape index (κ3) is 1.77. The largest absolute Gasteiger partial charge is 0.391 e. The lowest BCUT2D eigenvalue weighted by Gasteiger charge is -2.27. The molecule has 80 valence electrons. The Balaban J connectivity index is 2.00. The Hall–Kier alpha value is -0.220. The second-order valence-electron chi connectivity index (χ2n) is 4.38. The zero-order valence-electron chi connectivity index (χ0n) is 8.53. The zero-order chi connectivity index (χ0) is 10.2. The van der Waals surface area contributed by atoms with E-state index in [1.165, 1.54) is 0 Å². The van der Waals surface area contributed by atoms with E-state index in [0.717, 1.165) is 31.6 Å². The van der Waals surface area contributed by atoms with Crippen LogP contribution < -0.4 is 0 Å². The summed E-state index contributed by atoms with van der Waals surface area (Å²) < 4.78 is -0.204. The highest BCUT2D eigenvalue weighted by Crippen LogP contribution is 2.39. The molecule has 0 aromatic rings. The molecule has 0 bridgehead atoms. The van der Waals surface area contributed by atoms with Crippen molar-refractivity contribution in [3.63, 3.8) is 0 Å². The van der Waals surface area contributed by atoms with E-state index in [0.29, 0.717) is 6.54 Å². The smallest absolute Gasteiger partial charge is 0.238 e. The summed E-state index contributed by atoms with van der Waals surface area (Å²) >= 11 is 1.77. The number of amides is 1. The van der Waals surface area contributed by atoms with Crippen LogP contribution in [0, 0.1) is 0 Å². The number of carbonyl (C=O) groups excluding carboxylic acids is 1. The topological polar surface area (TPSA) is 40.5 Å². The molecule has 14 heavy (non-hydrogen) atoms. The van der Waals surface area contributed by atoms with Crippen molar-refractivity contribution in [2.45, 2.75) is 37.0 Å². The molecule has 1 amide bonds. The van der Waals surface area contributed by atoms with Gasteiger partial charge < -0.3 is 10.0 Å². The minimum atomic E-state index is -0.297. The van der Waals surface area contributed by atoms with Gasteiger partial charge >= 0.3 is 0 Å². The van der Waals surface area contributed by atoms with E-state index < -0.39 is 0 Å². The molecule has 0 radical (unpaired) electrons. The number of likely N-dealkylation sites (tertiary alicyclic amines) is 1. The van der Waals surface area contributed by atoms with Gasteiger partial charge in [-0.15, -0.1) is 11.8 Å². The molecule has 2 saturated heterocycles. The molecule has 4 heteroatoms. The van der Waals surface area contributed by atoms with E-state index in [-0.39, 0.29) is 16.8 Å². The van der Waals surface area contributed by atoms with Crippen LogP contribution in [0.1, 0.15) is 26.2 Å². The Bertz CT molecular complexity index is 238. The van der Waals surface area contributed by atoms with Crippen molar-refractivity contribution in [1.29, 1.82) is 0 Å².